The summed E-state index contributed by atoms with van der Waals surface area (Å²) in [7, 11) is 0. The molecule has 3 aliphatic rings. The average molecular weight is 395 g/mol. The van der Waals surface area contributed by atoms with Crippen molar-refractivity contribution in [3.63, 3.8) is 0 Å². The van der Waals surface area contributed by atoms with Gasteiger partial charge in [0.1, 0.15) is 5.75 Å². The summed E-state index contributed by atoms with van der Waals surface area (Å²) in [5, 5.41) is 3.13. The first-order valence-corrected chi connectivity index (χ1v) is 9.65. The maximum absolute atomic E-state index is 12.6. The molecule has 1 N–H and O–H groups in total. The number of nitrogens with zero attached hydrogens (tertiary/aromatic N) is 2. The van der Waals surface area contributed by atoms with Crippen molar-refractivity contribution in [3.8, 4) is 17.2 Å². The summed E-state index contributed by atoms with van der Waals surface area (Å²) in [6, 6.07) is 11.4. The van der Waals surface area contributed by atoms with Crippen molar-refractivity contribution in [1.29, 1.82) is 0 Å². The van der Waals surface area contributed by atoms with Gasteiger partial charge in [-0.2, -0.15) is 0 Å². The maximum atomic E-state index is 12.6. The van der Waals surface area contributed by atoms with Gasteiger partial charge in [0, 0.05) is 55.2 Å². The van der Waals surface area contributed by atoms with Crippen molar-refractivity contribution in [3.05, 3.63) is 42.0 Å². The molecule has 0 unspecified atom stereocenters. The molecule has 1 amide bonds. The van der Waals surface area contributed by atoms with Gasteiger partial charge in [-0.05, 0) is 18.2 Å². The lowest BCUT2D eigenvalue weighted by Crippen LogP contribution is -2.50. The summed E-state index contributed by atoms with van der Waals surface area (Å²) < 4.78 is 16.0. The molecule has 150 valence electrons. The summed E-state index contributed by atoms with van der Waals surface area (Å²) >= 11 is 0. The monoisotopic (exact) mass is 395 g/mol. The molecular formula is C21H21N3O5. The summed E-state index contributed by atoms with van der Waals surface area (Å²) in [4.78, 5) is 28.0. The smallest absolute Gasteiger partial charge is 0.315 e. The predicted molar refractivity (Wildman–Crippen MR) is 106 cm³/mol. The molecule has 8 nitrogen and oxygen atoms in total. The Morgan fingerprint density at radius 2 is 1.79 bits per heavy atom. The number of benzene rings is 2. The van der Waals surface area contributed by atoms with Crippen LogP contribution in [0.4, 0.5) is 11.4 Å². The molecular weight excluding hydrogens is 374 g/mol. The van der Waals surface area contributed by atoms with Crippen LogP contribution in [-0.4, -0.2) is 56.3 Å². The lowest BCUT2D eigenvalue weighted by Gasteiger charge is -2.36. The lowest BCUT2D eigenvalue weighted by atomic mass is 10.1. The Kier molecular flexibility index (Phi) is 4.38. The molecule has 0 radical (unpaired) electrons. The average Bonchev–Trinajstić information content (AvgIpc) is 3.36. The van der Waals surface area contributed by atoms with Gasteiger partial charge in [0.15, 0.2) is 11.5 Å². The minimum atomic E-state index is -0.242. The number of rotatable bonds is 4. The quantitative estimate of drug-likeness (QED) is 0.623. The predicted octanol–water partition coefficient (Wildman–Crippen LogP) is 1.64. The number of fused-ring (bicyclic) bond motifs is 2. The number of esters is 1. The highest BCUT2D eigenvalue weighted by Gasteiger charge is 2.24. The molecule has 1 fully saturated rings. The van der Waals surface area contributed by atoms with E-state index in [0.29, 0.717) is 25.3 Å². The fraction of sp³-hybridized carbons (Fsp3) is 0.333. The molecule has 2 aromatic carbocycles. The van der Waals surface area contributed by atoms with Crippen LogP contribution < -0.4 is 24.4 Å². The Morgan fingerprint density at radius 1 is 0.966 bits per heavy atom. The number of hydrogen-bond acceptors (Lipinski definition) is 7. The Bertz CT molecular complexity index is 969. The van der Waals surface area contributed by atoms with Crippen molar-refractivity contribution < 1.29 is 23.8 Å². The van der Waals surface area contributed by atoms with Crippen LogP contribution in [0, 0.1) is 0 Å². The van der Waals surface area contributed by atoms with Crippen LogP contribution in [0.5, 0.6) is 17.2 Å². The van der Waals surface area contributed by atoms with E-state index in [0.717, 1.165) is 41.5 Å². The number of ether oxygens (including phenoxy) is 3. The molecule has 0 saturated carbocycles. The number of nitrogens with one attached hydrogen (secondary N) is 1. The van der Waals surface area contributed by atoms with Crippen LogP contribution in [0.25, 0.3) is 0 Å². The van der Waals surface area contributed by atoms with Crippen LogP contribution in [0.2, 0.25) is 0 Å². The van der Waals surface area contributed by atoms with E-state index in [1.54, 1.807) is 6.07 Å². The number of hydrogen-bond donors (Lipinski definition) is 1. The van der Waals surface area contributed by atoms with Gasteiger partial charge in [0.2, 0.25) is 12.7 Å². The second-order valence-electron chi connectivity index (χ2n) is 7.23. The Morgan fingerprint density at radius 3 is 2.66 bits per heavy atom. The fourth-order valence-electron chi connectivity index (χ4n) is 3.81. The van der Waals surface area contributed by atoms with Gasteiger partial charge >= 0.3 is 5.97 Å². The van der Waals surface area contributed by atoms with E-state index in [4.69, 9.17) is 14.2 Å². The Balaban J connectivity index is 1.14. The van der Waals surface area contributed by atoms with Crippen LogP contribution in [-0.2, 0) is 16.0 Å². The summed E-state index contributed by atoms with van der Waals surface area (Å²) in [6.45, 7) is 3.32. The molecule has 3 aliphatic heterocycles. The standard InChI is InChI=1S/C21H21N3O5/c25-20(12-22-15-2-1-14-9-21(26)29-18(14)10-15)24-7-5-23(6-8-24)16-3-4-17-19(11-16)28-13-27-17/h1-4,10-11,22H,5-9,12-13H2. The fourth-order valence-corrected chi connectivity index (χ4v) is 3.81. The van der Waals surface area contributed by atoms with E-state index >= 15 is 0 Å². The third-order valence-corrected chi connectivity index (χ3v) is 5.42. The zero-order valence-electron chi connectivity index (χ0n) is 15.8. The van der Waals surface area contributed by atoms with Crippen LogP contribution in [0.1, 0.15) is 5.56 Å². The largest absolute Gasteiger partial charge is 0.454 e. The zero-order chi connectivity index (χ0) is 19.8. The minimum absolute atomic E-state index is 0.0489. The lowest BCUT2D eigenvalue weighted by molar-refractivity contribution is -0.132. The summed E-state index contributed by atoms with van der Waals surface area (Å²) in [5.41, 5.74) is 2.73. The van der Waals surface area contributed by atoms with E-state index in [9.17, 15) is 9.59 Å². The van der Waals surface area contributed by atoms with Gasteiger partial charge in [0.25, 0.3) is 0 Å². The molecule has 0 bridgehead atoms. The SMILES string of the molecule is O=C1Cc2ccc(NCC(=O)N3CCN(c4ccc5c(c4)OCO5)CC3)cc2O1. The molecule has 0 aliphatic carbocycles. The van der Waals surface area contributed by atoms with Crippen molar-refractivity contribution >= 4 is 23.3 Å². The highest BCUT2D eigenvalue weighted by atomic mass is 16.7. The molecule has 1 saturated heterocycles. The Hall–Kier alpha value is -3.42. The van der Waals surface area contributed by atoms with Gasteiger partial charge in [0.05, 0.1) is 13.0 Å². The molecule has 0 spiro atoms. The second kappa shape index (κ2) is 7.20. The van der Waals surface area contributed by atoms with Crippen molar-refractivity contribution in [1.82, 2.24) is 4.90 Å². The zero-order valence-corrected chi connectivity index (χ0v) is 15.8. The molecule has 8 heteroatoms. The molecule has 0 aromatic heterocycles. The first-order valence-electron chi connectivity index (χ1n) is 9.65. The van der Waals surface area contributed by atoms with E-state index in [-0.39, 0.29) is 25.2 Å². The van der Waals surface area contributed by atoms with E-state index in [2.05, 4.69) is 10.2 Å². The van der Waals surface area contributed by atoms with Crippen LogP contribution in [0.3, 0.4) is 0 Å². The van der Waals surface area contributed by atoms with Crippen LogP contribution >= 0.6 is 0 Å². The number of anilines is 2. The third kappa shape index (κ3) is 3.53. The van der Waals surface area contributed by atoms with Gasteiger partial charge in [-0.3, -0.25) is 9.59 Å². The van der Waals surface area contributed by atoms with E-state index in [1.165, 1.54) is 0 Å². The number of piperazine rings is 1. The molecule has 29 heavy (non-hydrogen) atoms. The number of carbonyl (C=O) groups is 2. The molecule has 3 heterocycles. The number of amides is 1. The normalized spacial score (nSPS) is 17.2. The van der Waals surface area contributed by atoms with Gasteiger partial charge in [-0.15, -0.1) is 0 Å². The first-order chi connectivity index (χ1) is 14.2. The number of carbonyl (C=O) groups excluding carboxylic acids is 2. The summed E-state index contributed by atoms with van der Waals surface area (Å²) in [5.74, 6) is 1.92. The first kappa shape index (κ1) is 17.7. The van der Waals surface area contributed by atoms with E-state index < -0.39 is 0 Å². The highest BCUT2D eigenvalue weighted by Crippen LogP contribution is 2.35. The van der Waals surface area contributed by atoms with Gasteiger partial charge in [-0.1, -0.05) is 6.07 Å². The van der Waals surface area contributed by atoms with Crippen molar-refractivity contribution in [2.24, 2.45) is 0 Å². The van der Waals surface area contributed by atoms with Crippen LogP contribution in [0.15, 0.2) is 36.4 Å². The summed E-state index contributed by atoms with van der Waals surface area (Å²) in [6.07, 6.45) is 0.308. The maximum Gasteiger partial charge on any atom is 0.315 e. The Labute approximate surface area is 167 Å². The van der Waals surface area contributed by atoms with Crippen molar-refractivity contribution in [2.45, 2.75) is 6.42 Å². The molecule has 0 atom stereocenters. The third-order valence-electron chi connectivity index (χ3n) is 5.42. The van der Waals surface area contributed by atoms with E-state index in [1.807, 2.05) is 35.2 Å². The second-order valence-corrected chi connectivity index (χ2v) is 7.23. The molecule has 5 rings (SSSR count). The minimum Gasteiger partial charge on any atom is -0.454 e. The van der Waals surface area contributed by atoms with Crippen molar-refractivity contribution in [2.75, 3.05) is 49.7 Å². The molecule has 2 aromatic rings. The topological polar surface area (TPSA) is 80.3 Å². The van der Waals surface area contributed by atoms with Gasteiger partial charge < -0.3 is 29.3 Å². The highest BCUT2D eigenvalue weighted by molar-refractivity contribution is 5.83. The van der Waals surface area contributed by atoms with Gasteiger partial charge in [-0.25, -0.2) is 0 Å².